The van der Waals surface area contributed by atoms with Gasteiger partial charge >= 0.3 is 0 Å². The van der Waals surface area contributed by atoms with Gasteiger partial charge in [0.05, 0.1) is 40.9 Å². The van der Waals surface area contributed by atoms with Crippen LogP contribution in [-0.2, 0) is 32.7 Å². The Morgan fingerprint density at radius 3 is 2.22 bits per heavy atom. The maximum Gasteiger partial charge on any atom is 0.242 e. The molecular weight excluding hydrogens is 630 g/mol. The minimum absolute atomic E-state index is 0. The van der Waals surface area contributed by atoms with Crippen molar-refractivity contribution in [3.05, 3.63) is 94.0 Å². The number of hydrogen-bond acceptors (Lipinski definition) is 6. The molecule has 3 aromatic rings. The molecule has 1 aliphatic rings. The van der Waals surface area contributed by atoms with Gasteiger partial charge in [-0.3, -0.25) is 14.8 Å². The van der Waals surface area contributed by atoms with Crippen molar-refractivity contribution in [1.29, 1.82) is 0 Å². The summed E-state index contributed by atoms with van der Waals surface area (Å²) in [4.78, 5) is 17.5. The molecule has 0 aliphatic carbocycles. The van der Waals surface area contributed by atoms with Crippen LogP contribution in [-0.4, -0.2) is 64.3 Å². The molecule has 1 aliphatic heterocycles. The summed E-state index contributed by atoms with van der Waals surface area (Å²) in [6.07, 6.45) is 1.13. The first kappa shape index (κ1) is 35.0. The summed E-state index contributed by atoms with van der Waals surface area (Å²) >= 11 is 12.1. The van der Waals surface area contributed by atoms with E-state index in [0.717, 1.165) is 23.1 Å². The predicted molar refractivity (Wildman–Crippen MR) is 171 cm³/mol. The van der Waals surface area contributed by atoms with Crippen LogP contribution in [0.25, 0.3) is 0 Å². The van der Waals surface area contributed by atoms with Crippen molar-refractivity contribution in [3.8, 4) is 0 Å². The monoisotopic (exact) mass is 662 g/mol. The van der Waals surface area contributed by atoms with Crippen molar-refractivity contribution in [2.24, 2.45) is 0 Å². The van der Waals surface area contributed by atoms with Gasteiger partial charge in [-0.25, -0.2) is 8.42 Å². The molecular formula is C28H34Cl4N4O4S. The second kappa shape index (κ2) is 16.4. The van der Waals surface area contributed by atoms with Gasteiger partial charge in [-0.15, -0.1) is 24.8 Å². The van der Waals surface area contributed by atoms with Crippen molar-refractivity contribution in [2.75, 3.05) is 48.7 Å². The molecule has 1 amide bonds. The van der Waals surface area contributed by atoms with E-state index in [4.69, 9.17) is 27.9 Å². The fourth-order valence-corrected chi connectivity index (χ4v) is 5.29. The first-order valence-electron chi connectivity index (χ1n) is 12.6. The lowest BCUT2D eigenvalue weighted by molar-refractivity contribution is -0.135. The Morgan fingerprint density at radius 1 is 0.902 bits per heavy atom. The summed E-state index contributed by atoms with van der Waals surface area (Å²) in [5.74, 6) is -0.0396. The van der Waals surface area contributed by atoms with E-state index in [1.165, 1.54) is 0 Å². The quantitative estimate of drug-likeness (QED) is 0.292. The molecule has 0 bridgehead atoms. The summed E-state index contributed by atoms with van der Waals surface area (Å²) in [7, 11) is -3.41. The Kier molecular flexibility index (Phi) is 14.0. The number of hydrogen-bond donors (Lipinski definition) is 2. The zero-order valence-corrected chi connectivity index (χ0v) is 26.4. The van der Waals surface area contributed by atoms with E-state index in [1.54, 1.807) is 24.3 Å². The fourth-order valence-electron chi connectivity index (χ4n) is 4.40. The molecule has 3 aromatic carbocycles. The van der Waals surface area contributed by atoms with Crippen LogP contribution >= 0.6 is 48.0 Å². The predicted octanol–water partition coefficient (Wildman–Crippen LogP) is 5.23. The molecule has 0 spiro atoms. The van der Waals surface area contributed by atoms with E-state index < -0.39 is 16.1 Å². The van der Waals surface area contributed by atoms with Gasteiger partial charge in [-0.1, -0.05) is 71.7 Å². The van der Waals surface area contributed by atoms with Crippen molar-refractivity contribution < 1.29 is 17.9 Å². The molecule has 2 N–H and O–H groups in total. The number of ether oxygens (including phenoxy) is 1. The minimum Gasteiger partial charge on any atom is -0.375 e. The lowest BCUT2D eigenvalue weighted by Gasteiger charge is -2.38. The molecule has 1 fully saturated rings. The molecule has 4 rings (SSSR count). The van der Waals surface area contributed by atoms with Crippen LogP contribution in [0.1, 0.15) is 11.1 Å². The lowest BCUT2D eigenvalue weighted by atomic mass is 10.1. The van der Waals surface area contributed by atoms with Gasteiger partial charge in [-0.2, -0.15) is 0 Å². The summed E-state index contributed by atoms with van der Waals surface area (Å²) in [6, 6.07) is 22.0. The molecule has 0 radical (unpaired) electrons. The average molecular weight is 664 g/mol. The Bertz CT molecular complexity index is 1370. The normalized spacial score (nSPS) is 14.0. The number of benzene rings is 3. The Labute approximate surface area is 264 Å². The first-order chi connectivity index (χ1) is 18.7. The smallest absolute Gasteiger partial charge is 0.242 e. The van der Waals surface area contributed by atoms with Crippen LogP contribution < -0.4 is 14.9 Å². The van der Waals surface area contributed by atoms with E-state index in [-0.39, 0.29) is 37.3 Å². The van der Waals surface area contributed by atoms with Crippen LogP contribution in [0.15, 0.2) is 72.8 Å². The molecule has 13 heteroatoms. The van der Waals surface area contributed by atoms with E-state index in [9.17, 15) is 13.2 Å². The highest BCUT2D eigenvalue weighted by Gasteiger charge is 2.28. The van der Waals surface area contributed by atoms with E-state index >= 15 is 0 Å². The van der Waals surface area contributed by atoms with Gasteiger partial charge < -0.3 is 14.5 Å². The number of nitrogens with one attached hydrogen (secondary N) is 2. The molecule has 0 saturated carbocycles. The Balaban J connectivity index is 0.00000294. The number of nitrogens with zero attached hydrogens (tertiary/aromatic N) is 2. The van der Waals surface area contributed by atoms with Gasteiger partial charge in [0.2, 0.25) is 15.9 Å². The number of amides is 1. The standard InChI is InChI=1S/C28H32Cl2N4O4S.2ClH/c1-39(36,37)32-25-9-5-6-10-27(25)33-13-15-34(16-14-33)28(35)26(31-18-21-7-3-2-4-8-21)20-38-19-22-11-12-23(29)24(30)17-22;;/h2-12,17,26,31-32H,13-16,18-20H2,1H3;2*1H. The summed E-state index contributed by atoms with van der Waals surface area (Å²) in [6.45, 7) is 3.16. The average Bonchev–Trinajstić information content (AvgIpc) is 2.92. The maximum absolute atomic E-state index is 13.6. The number of carbonyl (C=O) groups excluding carboxylic acids is 1. The van der Waals surface area contributed by atoms with Crippen molar-refractivity contribution in [2.45, 2.75) is 19.2 Å². The van der Waals surface area contributed by atoms with E-state index in [0.29, 0.717) is 55.1 Å². The first-order valence-corrected chi connectivity index (χ1v) is 15.2. The highest BCUT2D eigenvalue weighted by molar-refractivity contribution is 7.92. The molecule has 41 heavy (non-hydrogen) atoms. The van der Waals surface area contributed by atoms with Gasteiger partial charge in [0.25, 0.3) is 0 Å². The molecule has 0 aromatic heterocycles. The van der Waals surface area contributed by atoms with Crippen LogP contribution in [0.5, 0.6) is 0 Å². The largest absolute Gasteiger partial charge is 0.375 e. The number of carbonyl (C=O) groups is 1. The van der Waals surface area contributed by atoms with E-state index in [2.05, 4.69) is 14.9 Å². The molecule has 1 unspecified atom stereocenters. The van der Waals surface area contributed by atoms with Crippen molar-refractivity contribution in [1.82, 2.24) is 10.2 Å². The third-order valence-corrected chi connectivity index (χ3v) is 7.69. The van der Waals surface area contributed by atoms with Crippen LogP contribution in [0.3, 0.4) is 0 Å². The summed E-state index contributed by atoms with van der Waals surface area (Å²) in [5, 5.41) is 4.30. The number of rotatable bonds is 11. The number of halogens is 4. The molecule has 8 nitrogen and oxygen atoms in total. The summed E-state index contributed by atoms with van der Waals surface area (Å²) < 4.78 is 32.1. The highest BCUT2D eigenvalue weighted by atomic mass is 35.5. The lowest BCUT2D eigenvalue weighted by Crippen LogP contribution is -2.55. The second-order valence-corrected chi connectivity index (χ2v) is 11.9. The SMILES string of the molecule is CS(=O)(=O)Nc1ccccc1N1CCN(C(=O)C(COCc2ccc(Cl)c(Cl)c2)NCc2ccccc2)CC1.Cl.Cl. The van der Waals surface area contributed by atoms with Crippen LogP contribution in [0.2, 0.25) is 10.0 Å². The third-order valence-electron chi connectivity index (χ3n) is 6.36. The van der Waals surface area contributed by atoms with Gasteiger partial charge in [0.1, 0.15) is 6.04 Å². The number of para-hydroxylation sites is 2. The number of anilines is 2. The maximum atomic E-state index is 13.6. The highest BCUT2D eigenvalue weighted by Crippen LogP contribution is 2.27. The summed E-state index contributed by atoms with van der Waals surface area (Å²) in [5.41, 5.74) is 3.25. The second-order valence-electron chi connectivity index (χ2n) is 9.39. The third kappa shape index (κ3) is 10.5. The fraction of sp³-hybridized carbons (Fsp3) is 0.321. The Morgan fingerprint density at radius 2 is 1.56 bits per heavy atom. The molecule has 1 heterocycles. The van der Waals surface area contributed by atoms with Gasteiger partial charge in [-0.05, 0) is 35.4 Å². The molecule has 1 saturated heterocycles. The zero-order valence-electron chi connectivity index (χ0n) is 22.5. The van der Waals surface area contributed by atoms with E-state index in [1.807, 2.05) is 53.4 Å². The topological polar surface area (TPSA) is 91.0 Å². The van der Waals surface area contributed by atoms with Crippen LogP contribution in [0.4, 0.5) is 11.4 Å². The minimum atomic E-state index is -3.41. The molecule has 224 valence electrons. The number of sulfonamides is 1. The van der Waals surface area contributed by atoms with Crippen molar-refractivity contribution in [3.63, 3.8) is 0 Å². The van der Waals surface area contributed by atoms with Crippen LogP contribution in [0, 0.1) is 0 Å². The number of piperazine rings is 1. The van der Waals surface area contributed by atoms with Gasteiger partial charge in [0, 0.05) is 32.7 Å². The molecule has 1 atom stereocenters. The van der Waals surface area contributed by atoms with Gasteiger partial charge in [0.15, 0.2) is 0 Å². The Hall–Kier alpha value is -2.24. The zero-order chi connectivity index (χ0) is 27.8. The van der Waals surface area contributed by atoms with Crippen molar-refractivity contribution >= 4 is 75.3 Å².